The van der Waals surface area contributed by atoms with E-state index in [1.807, 2.05) is 60.9 Å². The summed E-state index contributed by atoms with van der Waals surface area (Å²) >= 11 is 0. The van der Waals surface area contributed by atoms with Crippen LogP contribution >= 0.6 is 0 Å². The number of likely N-dealkylation sites (tertiary alicyclic amines) is 1. The number of anilines is 1. The van der Waals surface area contributed by atoms with Crippen LogP contribution in [-0.2, 0) is 9.53 Å². The summed E-state index contributed by atoms with van der Waals surface area (Å²) in [6.07, 6.45) is 2.06. The van der Waals surface area contributed by atoms with Gasteiger partial charge in [0.2, 0.25) is 5.91 Å². The Morgan fingerprint density at radius 1 is 1.23 bits per heavy atom. The zero-order valence-electron chi connectivity index (χ0n) is 16.1. The van der Waals surface area contributed by atoms with Crippen LogP contribution in [0.1, 0.15) is 40.0 Å². The number of carbonyl (C=O) groups excluding carboxylic acids is 2. The average molecular weight is 361 g/mol. The fraction of sp³-hybridized carbons (Fsp3) is 0.600. The van der Waals surface area contributed by atoms with Crippen molar-refractivity contribution in [1.82, 2.24) is 10.2 Å². The monoisotopic (exact) mass is 361 g/mol. The number of amides is 3. The highest BCUT2D eigenvalue weighted by Crippen LogP contribution is 2.24. The molecule has 1 aromatic rings. The quantitative estimate of drug-likeness (QED) is 0.812. The molecule has 2 rings (SSSR count). The fourth-order valence-corrected chi connectivity index (χ4v) is 3.33. The van der Waals surface area contributed by atoms with Crippen LogP contribution in [0, 0.1) is 0 Å². The number of para-hydroxylation sites is 1. The molecule has 0 aliphatic carbocycles. The third-order valence-corrected chi connectivity index (χ3v) is 4.71. The van der Waals surface area contributed by atoms with Crippen LogP contribution in [0.2, 0.25) is 0 Å². The van der Waals surface area contributed by atoms with E-state index in [0.29, 0.717) is 32.7 Å². The topological polar surface area (TPSA) is 61.9 Å². The zero-order valence-corrected chi connectivity index (χ0v) is 16.1. The van der Waals surface area contributed by atoms with Gasteiger partial charge >= 0.3 is 6.03 Å². The van der Waals surface area contributed by atoms with Crippen molar-refractivity contribution in [1.29, 1.82) is 0 Å². The molecule has 0 unspecified atom stereocenters. The molecule has 1 saturated heterocycles. The van der Waals surface area contributed by atoms with Gasteiger partial charge in [0.05, 0.1) is 6.10 Å². The molecule has 3 amide bonds. The molecule has 6 nitrogen and oxygen atoms in total. The molecule has 1 aromatic carbocycles. The predicted molar refractivity (Wildman–Crippen MR) is 103 cm³/mol. The third kappa shape index (κ3) is 5.46. The first kappa shape index (κ1) is 20.2. The second-order valence-electron chi connectivity index (χ2n) is 6.62. The van der Waals surface area contributed by atoms with Crippen LogP contribution in [0.15, 0.2) is 30.3 Å². The first-order chi connectivity index (χ1) is 12.6. The molecule has 0 aromatic heterocycles. The number of carbonyl (C=O) groups is 2. The largest absolute Gasteiger partial charge is 0.377 e. The molecule has 0 bridgehead atoms. The lowest BCUT2D eigenvalue weighted by Crippen LogP contribution is -2.51. The van der Waals surface area contributed by atoms with Crippen LogP contribution in [0.3, 0.4) is 0 Å². The number of hydrogen-bond acceptors (Lipinski definition) is 3. The van der Waals surface area contributed by atoms with Crippen LogP contribution in [-0.4, -0.2) is 55.2 Å². The molecule has 144 valence electrons. The smallest absolute Gasteiger partial charge is 0.317 e. The lowest BCUT2D eigenvalue weighted by Gasteiger charge is -2.38. The van der Waals surface area contributed by atoms with Crippen molar-refractivity contribution in [3.8, 4) is 0 Å². The van der Waals surface area contributed by atoms with Gasteiger partial charge in [-0.05, 0) is 38.8 Å². The SMILES string of the molecule is CCO[C@H](C)CNC(=O)N1CCC(N(C(=O)CC)c2ccccc2)CC1. The van der Waals surface area contributed by atoms with Gasteiger partial charge in [-0.3, -0.25) is 4.79 Å². The highest BCUT2D eigenvalue weighted by molar-refractivity contribution is 5.93. The van der Waals surface area contributed by atoms with Gasteiger partial charge in [-0.25, -0.2) is 4.79 Å². The van der Waals surface area contributed by atoms with Gasteiger partial charge in [0.25, 0.3) is 0 Å². The number of nitrogens with one attached hydrogen (secondary N) is 1. The Kier molecular flexibility index (Phi) is 7.91. The molecule has 1 aliphatic rings. The van der Waals surface area contributed by atoms with E-state index in [1.54, 1.807) is 0 Å². The van der Waals surface area contributed by atoms with Crippen molar-refractivity contribution in [3.63, 3.8) is 0 Å². The Morgan fingerprint density at radius 3 is 2.46 bits per heavy atom. The molecule has 1 aliphatic heterocycles. The number of rotatable bonds is 7. The Hall–Kier alpha value is -2.08. The molecule has 0 spiro atoms. The molecule has 1 N–H and O–H groups in total. The third-order valence-electron chi connectivity index (χ3n) is 4.71. The summed E-state index contributed by atoms with van der Waals surface area (Å²) in [5, 5.41) is 2.93. The van der Waals surface area contributed by atoms with Crippen molar-refractivity contribution in [2.24, 2.45) is 0 Å². The molecule has 0 saturated carbocycles. The molecule has 1 fully saturated rings. The van der Waals surface area contributed by atoms with Gasteiger partial charge in [0, 0.05) is 44.4 Å². The molecule has 6 heteroatoms. The number of nitrogens with zero attached hydrogens (tertiary/aromatic N) is 2. The van der Waals surface area contributed by atoms with Gasteiger partial charge in [-0.2, -0.15) is 0 Å². The predicted octanol–water partition coefficient (Wildman–Crippen LogP) is 3.03. The number of urea groups is 1. The van der Waals surface area contributed by atoms with Gasteiger partial charge in [-0.15, -0.1) is 0 Å². The highest BCUT2D eigenvalue weighted by Gasteiger charge is 2.30. The first-order valence-corrected chi connectivity index (χ1v) is 9.58. The first-order valence-electron chi connectivity index (χ1n) is 9.58. The van der Waals surface area contributed by atoms with Crippen molar-refractivity contribution in [3.05, 3.63) is 30.3 Å². The molecule has 0 radical (unpaired) electrons. The van der Waals surface area contributed by atoms with Gasteiger partial charge < -0.3 is 19.9 Å². The molecule has 26 heavy (non-hydrogen) atoms. The summed E-state index contributed by atoms with van der Waals surface area (Å²) in [7, 11) is 0. The Morgan fingerprint density at radius 2 is 1.88 bits per heavy atom. The summed E-state index contributed by atoms with van der Waals surface area (Å²) in [6, 6.07) is 9.89. The lowest BCUT2D eigenvalue weighted by molar-refractivity contribution is -0.119. The van der Waals surface area contributed by atoms with Crippen LogP contribution < -0.4 is 10.2 Å². The number of hydrogen-bond donors (Lipinski definition) is 1. The summed E-state index contributed by atoms with van der Waals surface area (Å²) in [5.74, 6) is 0.129. The van der Waals surface area contributed by atoms with Crippen molar-refractivity contribution < 1.29 is 14.3 Å². The molecular formula is C20H31N3O3. The number of piperidine rings is 1. The minimum absolute atomic E-state index is 0.0113. The number of benzene rings is 1. The average Bonchev–Trinajstić information content (AvgIpc) is 2.67. The maximum atomic E-state index is 12.5. The molecule has 1 atom stereocenters. The van der Waals surface area contributed by atoms with E-state index >= 15 is 0 Å². The van der Waals surface area contributed by atoms with E-state index in [9.17, 15) is 9.59 Å². The highest BCUT2D eigenvalue weighted by atomic mass is 16.5. The lowest BCUT2D eigenvalue weighted by atomic mass is 10.0. The molecular weight excluding hydrogens is 330 g/mol. The Labute approximate surface area is 156 Å². The van der Waals surface area contributed by atoms with Gasteiger partial charge in [-0.1, -0.05) is 25.1 Å². The summed E-state index contributed by atoms with van der Waals surface area (Å²) < 4.78 is 5.44. The summed E-state index contributed by atoms with van der Waals surface area (Å²) in [5.41, 5.74) is 0.938. The summed E-state index contributed by atoms with van der Waals surface area (Å²) in [4.78, 5) is 28.5. The van der Waals surface area contributed by atoms with Crippen molar-refractivity contribution in [2.75, 3.05) is 31.1 Å². The van der Waals surface area contributed by atoms with E-state index in [0.717, 1.165) is 18.5 Å². The van der Waals surface area contributed by atoms with E-state index in [2.05, 4.69) is 5.32 Å². The van der Waals surface area contributed by atoms with E-state index in [-0.39, 0.29) is 24.1 Å². The van der Waals surface area contributed by atoms with Crippen LogP contribution in [0.4, 0.5) is 10.5 Å². The Balaban J connectivity index is 1.91. The second kappa shape index (κ2) is 10.2. The van der Waals surface area contributed by atoms with Crippen molar-refractivity contribution >= 4 is 17.6 Å². The zero-order chi connectivity index (χ0) is 18.9. The summed E-state index contributed by atoms with van der Waals surface area (Å²) in [6.45, 7) is 8.24. The second-order valence-corrected chi connectivity index (χ2v) is 6.62. The van der Waals surface area contributed by atoms with Gasteiger partial charge in [0.1, 0.15) is 0 Å². The van der Waals surface area contributed by atoms with E-state index in [1.165, 1.54) is 0 Å². The minimum atomic E-state index is -0.0527. The van der Waals surface area contributed by atoms with Gasteiger partial charge in [0.15, 0.2) is 0 Å². The number of ether oxygens (including phenoxy) is 1. The maximum Gasteiger partial charge on any atom is 0.317 e. The Bertz CT molecular complexity index is 571. The maximum absolute atomic E-state index is 12.5. The molecule has 1 heterocycles. The van der Waals surface area contributed by atoms with Crippen LogP contribution in [0.5, 0.6) is 0 Å². The standard InChI is InChI=1S/C20H31N3O3/c1-4-19(24)23(17-9-7-6-8-10-17)18-11-13-22(14-12-18)20(25)21-15-16(3)26-5-2/h6-10,16,18H,4-5,11-15H2,1-3H3,(H,21,25)/t16-/m1/s1. The minimum Gasteiger partial charge on any atom is -0.377 e. The van der Waals surface area contributed by atoms with E-state index in [4.69, 9.17) is 4.74 Å². The van der Waals surface area contributed by atoms with Crippen molar-refractivity contribution in [2.45, 2.75) is 52.2 Å². The normalized spacial score (nSPS) is 16.2. The van der Waals surface area contributed by atoms with Crippen LogP contribution in [0.25, 0.3) is 0 Å². The van der Waals surface area contributed by atoms with E-state index < -0.39 is 0 Å². The fourth-order valence-electron chi connectivity index (χ4n) is 3.33.